The fraction of sp³-hybridized carbons (Fsp3) is 0.391. The Morgan fingerprint density at radius 3 is 2.65 bits per heavy atom. The Morgan fingerprint density at radius 2 is 1.95 bits per heavy atom. The van der Waals surface area contributed by atoms with Crippen molar-refractivity contribution in [1.29, 1.82) is 0 Å². The summed E-state index contributed by atoms with van der Waals surface area (Å²) in [6, 6.07) is 3.52. The minimum Gasteiger partial charge on any atom is -0.383 e. The number of nitrogens with one attached hydrogen (secondary N) is 1. The molecule has 0 aromatic carbocycles. The van der Waals surface area contributed by atoms with E-state index < -0.39 is 16.1 Å². The first kappa shape index (κ1) is 23.5. The highest BCUT2D eigenvalue weighted by Gasteiger charge is 2.38. The van der Waals surface area contributed by atoms with Crippen LogP contribution in [-0.4, -0.2) is 71.2 Å². The molecule has 6 rings (SSSR count). The minimum absolute atomic E-state index is 0.0169. The highest BCUT2D eigenvalue weighted by molar-refractivity contribution is 7.90. The van der Waals surface area contributed by atoms with Crippen molar-refractivity contribution in [2.24, 2.45) is 0 Å². The lowest BCUT2D eigenvalue weighted by Crippen LogP contribution is -2.29. The summed E-state index contributed by atoms with van der Waals surface area (Å²) < 4.78 is 27.7. The van der Waals surface area contributed by atoms with Gasteiger partial charge in [-0.05, 0) is 32.8 Å². The number of hydrogen-bond donors (Lipinski definition) is 2. The van der Waals surface area contributed by atoms with Crippen LogP contribution in [0.3, 0.4) is 0 Å². The van der Waals surface area contributed by atoms with Crippen molar-refractivity contribution in [3.05, 3.63) is 36.9 Å². The Morgan fingerprint density at radius 1 is 1.14 bits per heavy atom. The van der Waals surface area contributed by atoms with E-state index in [1.165, 1.54) is 17.3 Å². The Labute approximate surface area is 212 Å². The zero-order valence-electron chi connectivity index (χ0n) is 20.2. The number of nitrogens with zero attached hydrogens (tertiary/aromatic N) is 8. The molecule has 0 bridgehead atoms. The van der Waals surface area contributed by atoms with Crippen LogP contribution in [0.4, 0.5) is 17.5 Å². The van der Waals surface area contributed by atoms with Gasteiger partial charge in [-0.2, -0.15) is 14.3 Å². The molecule has 1 saturated carbocycles. The van der Waals surface area contributed by atoms with Crippen molar-refractivity contribution in [2.75, 3.05) is 16.8 Å². The number of rotatable bonds is 7. The number of pyridine rings is 1. The van der Waals surface area contributed by atoms with Crippen molar-refractivity contribution in [3.63, 3.8) is 0 Å². The molecule has 1 aliphatic carbocycles. The van der Waals surface area contributed by atoms with E-state index in [9.17, 15) is 18.3 Å². The number of hydrogen-bond acceptors (Lipinski definition) is 10. The summed E-state index contributed by atoms with van der Waals surface area (Å²) in [5.41, 5.74) is 1.26. The largest absolute Gasteiger partial charge is 0.383 e. The Balaban J connectivity index is 1.30. The van der Waals surface area contributed by atoms with Crippen LogP contribution in [0.5, 0.6) is 0 Å². The van der Waals surface area contributed by atoms with Crippen LogP contribution >= 0.6 is 0 Å². The van der Waals surface area contributed by atoms with Crippen molar-refractivity contribution in [2.45, 2.75) is 50.5 Å². The second-order valence-corrected chi connectivity index (χ2v) is 11.6. The molecule has 5 heterocycles. The third kappa shape index (κ3) is 4.11. The number of amides is 1. The first-order valence-corrected chi connectivity index (χ1v) is 13.5. The molecule has 13 nitrogen and oxygen atoms in total. The van der Waals surface area contributed by atoms with Gasteiger partial charge in [0.25, 0.3) is 15.9 Å². The SMILES string of the molecule is CC(C)n1nc(N2CC[C@H](O)C2=O)c2cnc(Nc3ccnc(-c4cnn(S(=O)(=O)C5CC5)c4)n3)cc21. The van der Waals surface area contributed by atoms with Crippen LogP contribution in [-0.2, 0) is 14.8 Å². The Bertz CT molecular complexity index is 1620. The highest BCUT2D eigenvalue weighted by atomic mass is 32.2. The van der Waals surface area contributed by atoms with E-state index in [0.717, 1.165) is 9.60 Å². The van der Waals surface area contributed by atoms with Gasteiger partial charge in [0, 0.05) is 37.5 Å². The molecule has 1 aliphatic heterocycles. The molecule has 1 atom stereocenters. The summed E-state index contributed by atoms with van der Waals surface area (Å²) in [6.07, 6.45) is 6.72. The van der Waals surface area contributed by atoms with Gasteiger partial charge < -0.3 is 10.4 Å². The maximum atomic E-state index is 12.4. The van der Waals surface area contributed by atoms with Crippen molar-refractivity contribution in [3.8, 4) is 11.4 Å². The Hall–Kier alpha value is -3.91. The van der Waals surface area contributed by atoms with Gasteiger partial charge in [0.05, 0.1) is 34.1 Å². The van der Waals surface area contributed by atoms with Gasteiger partial charge in [-0.25, -0.2) is 23.4 Å². The van der Waals surface area contributed by atoms with Crippen molar-refractivity contribution >= 4 is 44.3 Å². The normalized spacial score (nSPS) is 18.3. The predicted molar refractivity (Wildman–Crippen MR) is 135 cm³/mol. The van der Waals surface area contributed by atoms with E-state index in [2.05, 4.69) is 30.5 Å². The standard InChI is InChI=1S/C23H25N9O4S/c1-13(2)32-17-9-20(25-11-16(17)22(29-32)30-8-6-18(33)23(30)34)27-19-5-7-24-21(28-19)14-10-26-31(12-14)37(35,36)15-3-4-15/h5,7,9-13,15,18,33H,3-4,6,8H2,1-2H3,(H,24,25,27,28)/t18-/m0/s1. The van der Waals surface area contributed by atoms with Crippen LogP contribution < -0.4 is 10.2 Å². The fourth-order valence-corrected chi connectivity index (χ4v) is 5.81. The van der Waals surface area contributed by atoms with Crippen LogP contribution in [0.25, 0.3) is 22.3 Å². The fourth-order valence-electron chi connectivity index (χ4n) is 4.33. The average molecular weight is 524 g/mol. The van der Waals surface area contributed by atoms with Gasteiger partial charge in [-0.1, -0.05) is 0 Å². The molecule has 2 N–H and O–H groups in total. The van der Waals surface area contributed by atoms with Gasteiger partial charge in [0.2, 0.25) is 0 Å². The molecule has 0 radical (unpaired) electrons. The summed E-state index contributed by atoms with van der Waals surface area (Å²) >= 11 is 0. The van der Waals surface area contributed by atoms with Crippen molar-refractivity contribution < 1.29 is 18.3 Å². The molecule has 1 saturated heterocycles. The van der Waals surface area contributed by atoms with Crippen LogP contribution in [0.15, 0.2) is 36.9 Å². The topological polar surface area (TPSA) is 161 Å². The van der Waals surface area contributed by atoms with Crippen molar-refractivity contribution in [1.82, 2.24) is 33.9 Å². The lowest BCUT2D eigenvalue weighted by Gasteiger charge is -2.13. The molecule has 4 aromatic rings. The average Bonchev–Trinajstić information content (AvgIpc) is 3.37. The molecule has 37 heavy (non-hydrogen) atoms. The first-order valence-electron chi connectivity index (χ1n) is 12.0. The minimum atomic E-state index is -3.48. The second-order valence-electron chi connectivity index (χ2n) is 9.48. The van der Waals surface area contributed by atoms with Gasteiger partial charge in [-0.15, -0.1) is 0 Å². The summed E-state index contributed by atoms with van der Waals surface area (Å²) in [5, 5.41) is 22.1. The van der Waals surface area contributed by atoms with Crippen LogP contribution in [0.1, 0.15) is 39.2 Å². The second kappa shape index (κ2) is 8.59. The number of carbonyl (C=O) groups excluding carboxylic acids is 1. The van der Waals surface area contributed by atoms with E-state index in [1.807, 2.05) is 24.6 Å². The van der Waals surface area contributed by atoms with Crippen LogP contribution in [0, 0.1) is 0 Å². The molecule has 2 fully saturated rings. The molecule has 0 spiro atoms. The maximum absolute atomic E-state index is 12.4. The molecule has 1 amide bonds. The zero-order chi connectivity index (χ0) is 25.9. The lowest BCUT2D eigenvalue weighted by atomic mass is 10.2. The molecule has 192 valence electrons. The summed E-state index contributed by atoms with van der Waals surface area (Å²) in [4.78, 5) is 27.2. The number of aliphatic hydroxyl groups is 1. The molecular weight excluding hydrogens is 498 g/mol. The molecule has 2 aliphatic rings. The summed E-state index contributed by atoms with van der Waals surface area (Å²) in [7, 11) is -3.48. The third-order valence-electron chi connectivity index (χ3n) is 6.43. The molecule has 4 aromatic heterocycles. The highest BCUT2D eigenvalue weighted by Crippen LogP contribution is 2.33. The Kier molecular flexibility index (Phi) is 5.45. The first-order chi connectivity index (χ1) is 17.7. The number of carbonyl (C=O) groups is 1. The van der Waals surface area contributed by atoms with E-state index >= 15 is 0 Å². The molecular formula is C23H25N9O4S. The van der Waals surface area contributed by atoms with Crippen LogP contribution in [0.2, 0.25) is 0 Å². The number of aromatic nitrogens is 7. The van der Waals surface area contributed by atoms with E-state index in [4.69, 9.17) is 0 Å². The van der Waals surface area contributed by atoms with E-state index in [1.54, 1.807) is 18.5 Å². The lowest BCUT2D eigenvalue weighted by molar-refractivity contribution is -0.124. The van der Waals surface area contributed by atoms with Gasteiger partial charge >= 0.3 is 0 Å². The van der Waals surface area contributed by atoms with E-state index in [0.29, 0.717) is 60.0 Å². The van der Waals surface area contributed by atoms with Gasteiger partial charge in [-0.3, -0.25) is 14.4 Å². The summed E-state index contributed by atoms with van der Waals surface area (Å²) in [6.45, 7) is 4.38. The number of anilines is 3. The smallest absolute Gasteiger partial charge is 0.257 e. The maximum Gasteiger partial charge on any atom is 0.257 e. The molecule has 14 heteroatoms. The predicted octanol–water partition coefficient (Wildman–Crippen LogP) is 1.85. The monoisotopic (exact) mass is 523 g/mol. The van der Waals surface area contributed by atoms with Gasteiger partial charge in [0.1, 0.15) is 17.7 Å². The number of aliphatic hydroxyl groups excluding tert-OH is 1. The quantitative estimate of drug-likeness (QED) is 0.366. The number of fused-ring (bicyclic) bond motifs is 1. The summed E-state index contributed by atoms with van der Waals surface area (Å²) in [5.74, 6) is 1.41. The van der Waals surface area contributed by atoms with E-state index in [-0.39, 0.29) is 17.2 Å². The van der Waals surface area contributed by atoms with Gasteiger partial charge in [0.15, 0.2) is 11.6 Å². The zero-order valence-corrected chi connectivity index (χ0v) is 21.0. The third-order valence-corrected chi connectivity index (χ3v) is 8.47. The molecule has 0 unspecified atom stereocenters.